The van der Waals surface area contributed by atoms with E-state index in [-0.39, 0.29) is 0 Å². The highest BCUT2D eigenvalue weighted by Gasteiger charge is 2.18. The average molecular weight is 235 g/mol. The van der Waals surface area contributed by atoms with Crippen LogP contribution < -0.4 is 5.32 Å². The molecule has 1 aromatic rings. The Morgan fingerprint density at radius 2 is 1.94 bits per heavy atom. The second-order valence-corrected chi connectivity index (χ2v) is 5.54. The van der Waals surface area contributed by atoms with Gasteiger partial charge < -0.3 is 10.2 Å². The van der Waals surface area contributed by atoms with E-state index in [1.807, 2.05) is 19.4 Å². The van der Waals surface area contributed by atoms with E-state index in [4.69, 9.17) is 0 Å². The Morgan fingerprint density at radius 1 is 1.29 bits per heavy atom. The molecule has 1 N–H and O–H groups in total. The molecule has 1 heterocycles. The van der Waals surface area contributed by atoms with Crippen molar-refractivity contribution in [2.45, 2.75) is 20.3 Å². The number of hydrogen-bond donors (Lipinski definition) is 1. The van der Waals surface area contributed by atoms with Crippen LogP contribution in [0.4, 0.5) is 0 Å². The molecule has 0 bridgehead atoms. The number of nitrogens with zero attached hydrogens (tertiary/aromatic N) is 2. The van der Waals surface area contributed by atoms with Gasteiger partial charge in [-0.15, -0.1) is 0 Å². The standard InChI is InChI=1S/C14H25N3/c1-14(2,11-15-3)12-17(4)10-7-13-5-8-16-9-6-13/h5-6,8-9,15H,7,10-12H2,1-4H3. The van der Waals surface area contributed by atoms with Crippen molar-refractivity contribution in [3.8, 4) is 0 Å². The third-order valence-corrected chi connectivity index (χ3v) is 2.88. The van der Waals surface area contributed by atoms with Crippen LogP contribution in [0.1, 0.15) is 19.4 Å². The molecule has 0 spiro atoms. The first kappa shape index (κ1) is 14.1. The van der Waals surface area contributed by atoms with Crippen molar-refractivity contribution in [1.82, 2.24) is 15.2 Å². The van der Waals surface area contributed by atoms with Crippen LogP contribution in [0.15, 0.2) is 24.5 Å². The summed E-state index contributed by atoms with van der Waals surface area (Å²) in [5, 5.41) is 3.25. The van der Waals surface area contributed by atoms with E-state index in [2.05, 4.69) is 48.2 Å². The van der Waals surface area contributed by atoms with Gasteiger partial charge in [-0.05, 0) is 43.6 Å². The summed E-state index contributed by atoms with van der Waals surface area (Å²) in [5.41, 5.74) is 1.68. The second-order valence-electron chi connectivity index (χ2n) is 5.54. The molecule has 1 rings (SSSR count). The number of pyridine rings is 1. The highest BCUT2D eigenvalue weighted by atomic mass is 15.1. The minimum atomic E-state index is 0.321. The molecule has 96 valence electrons. The summed E-state index contributed by atoms with van der Waals surface area (Å²) in [6.45, 7) is 7.85. The number of aromatic nitrogens is 1. The number of rotatable bonds is 7. The van der Waals surface area contributed by atoms with Crippen molar-refractivity contribution in [2.75, 3.05) is 33.7 Å². The van der Waals surface area contributed by atoms with E-state index < -0.39 is 0 Å². The molecule has 0 aliphatic heterocycles. The van der Waals surface area contributed by atoms with E-state index in [1.165, 1.54) is 5.56 Å². The molecule has 0 unspecified atom stereocenters. The maximum Gasteiger partial charge on any atom is 0.0270 e. The van der Waals surface area contributed by atoms with Crippen LogP contribution >= 0.6 is 0 Å². The van der Waals surface area contributed by atoms with Crippen LogP contribution in [0.3, 0.4) is 0 Å². The highest BCUT2D eigenvalue weighted by Crippen LogP contribution is 2.14. The summed E-state index contributed by atoms with van der Waals surface area (Å²) < 4.78 is 0. The predicted octanol–water partition coefficient (Wildman–Crippen LogP) is 1.80. The number of likely N-dealkylation sites (N-methyl/N-ethyl adjacent to an activating group) is 1. The molecule has 17 heavy (non-hydrogen) atoms. The SMILES string of the molecule is CNCC(C)(C)CN(C)CCc1ccncc1. The number of nitrogens with one attached hydrogen (secondary N) is 1. The van der Waals surface area contributed by atoms with E-state index in [0.29, 0.717) is 5.41 Å². The molecular formula is C14H25N3. The smallest absolute Gasteiger partial charge is 0.0270 e. The Labute approximate surface area is 105 Å². The number of hydrogen-bond acceptors (Lipinski definition) is 3. The molecule has 1 aromatic heterocycles. The largest absolute Gasteiger partial charge is 0.319 e. The zero-order valence-electron chi connectivity index (χ0n) is 11.5. The van der Waals surface area contributed by atoms with Gasteiger partial charge in [0.25, 0.3) is 0 Å². The maximum absolute atomic E-state index is 4.03. The normalized spacial score (nSPS) is 12.1. The van der Waals surface area contributed by atoms with Crippen LogP contribution in [-0.4, -0.2) is 43.6 Å². The molecule has 0 fully saturated rings. The zero-order chi connectivity index (χ0) is 12.7. The fourth-order valence-electron chi connectivity index (χ4n) is 2.21. The van der Waals surface area contributed by atoms with Gasteiger partial charge >= 0.3 is 0 Å². The van der Waals surface area contributed by atoms with Gasteiger partial charge in [0.1, 0.15) is 0 Å². The minimum absolute atomic E-state index is 0.321. The Hall–Kier alpha value is -0.930. The Kier molecular flexibility index (Phi) is 5.59. The highest BCUT2D eigenvalue weighted by molar-refractivity contribution is 5.09. The fourth-order valence-corrected chi connectivity index (χ4v) is 2.21. The van der Waals surface area contributed by atoms with Crippen molar-refractivity contribution in [3.05, 3.63) is 30.1 Å². The Balaban J connectivity index is 2.33. The summed E-state index contributed by atoms with van der Waals surface area (Å²) in [6, 6.07) is 4.18. The van der Waals surface area contributed by atoms with Gasteiger partial charge in [-0.2, -0.15) is 0 Å². The van der Waals surface area contributed by atoms with Crippen LogP contribution in [0, 0.1) is 5.41 Å². The fraction of sp³-hybridized carbons (Fsp3) is 0.643. The lowest BCUT2D eigenvalue weighted by atomic mass is 9.93. The molecule has 0 aliphatic rings. The first-order valence-electron chi connectivity index (χ1n) is 6.25. The lowest BCUT2D eigenvalue weighted by molar-refractivity contribution is 0.209. The molecule has 3 heteroatoms. The molecule has 0 amide bonds. The minimum Gasteiger partial charge on any atom is -0.319 e. The van der Waals surface area contributed by atoms with Crippen molar-refractivity contribution in [1.29, 1.82) is 0 Å². The summed E-state index contributed by atoms with van der Waals surface area (Å²) in [4.78, 5) is 6.43. The molecule has 0 saturated carbocycles. The molecule has 0 atom stereocenters. The van der Waals surface area contributed by atoms with Crippen LogP contribution in [0.5, 0.6) is 0 Å². The zero-order valence-corrected chi connectivity index (χ0v) is 11.5. The molecular weight excluding hydrogens is 210 g/mol. The maximum atomic E-state index is 4.03. The van der Waals surface area contributed by atoms with Crippen LogP contribution in [-0.2, 0) is 6.42 Å². The third kappa shape index (κ3) is 5.80. The molecule has 0 saturated heterocycles. The summed E-state index contributed by atoms with van der Waals surface area (Å²) >= 11 is 0. The van der Waals surface area contributed by atoms with E-state index >= 15 is 0 Å². The van der Waals surface area contributed by atoms with Gasteiger partial charge in [-0.3, -0.25) is 4.98 Å². The van der Waals surface area contributed by atoms with Gasteiger partial charge in [-0.1, -0.05) is 13.8 Å². The van der Waals surface area contributed by atoms with Crippen LogP contribution in [0.25, 0.3) is 0 Å². The molecule has 0 radical (unpaired) electrons. The van der Waals surface area contributed by atoms with E-state index in [1.54, 1.807) is 0 Å². The van der Waals surface area contributed by atoms with Gasteiger partial charge in [0.05, 0.1) is 0 Å². The first-order chi connectivity index (χ1) is 8.03. The van der Waals surface area contributed by atoms with Gasteiger partial charge in [0.2, 0.25) is 0 Å². The predicted molar refractivity (Wildman–Crippen MR) is 73.1 cm³/mol. The molecule has 0 aromatic carbocycles. The second kappa shape index (κ2) is 6.72. The van der Waals surface area contributed by atoms with Gasteiger partial charge in [0.15, 0.2) is 0 Å². The Bertz CT molecular complexity index is 309. The van der Waals surface area contributed by atoms with Crippen molar-refractivity contribution >= 4 is 0 Å². The lowest BCUT2D eigenvalue weighted by Crippen LogP contribution is -2.38. The third-order valence-electron chi connectivity index (χ3n) is 2.88. The van der Waals surface area contributed by atoms with Crippen LogP contribution in [0.2, 0.25) is 0 Å². The molecule has 0 aliphatic carbocycles. The summed E-state index contributed by atoms with van der Waals surface area (Å²) in [6.07, 6.45) is 4.81. The van der Waals surface area contributed by atoms with Crippen molar-refractivity contribution in [2.24, 2.45) is 5.41 Å². The van der Waals surface area contributed by atoms with Gasteiger partial charge in [-0.25, -0.2) is 0 Å². The average Bonchev–Trinajstić information content (AvgIpc) is 2.27. The topological polar surface area (TPSA) is 28.2 Å². The first-order valence-corrected chi connectivity index (χ1v) is 6.25. The van der Waals surface area contributed by atoms with Crippen molar-refractivity contribution < 1.29 is 0 Å². The monoisotopic (exact) mass is 235 g/mol. The lowest BCUT2D eigenvalue weighted by Gasteiger charge is -2.30. The van der Waals surface area contributed by atoms with Crippen molar-refractivity contribution in [3.63, 3.8) is 0 Å². The quantitative estimate of drug-likeness (QED) is 0.781. The Morgan fingerprint density at radius 3 is 2.53 bits per heavy atom. The summed E-state index contributed by atoms with van der Waals surface area (Å²) in [7, 11) is 4.21. The van der Waals surface area contributed by atoms with E-state index in [9.17, 15) is 0 Å². The molecule has 3 nitrogen and oxygen atoms in total. The van der Waals surface area contributed by atoms with Gasteiger partial charge in [0, 0.05) is 32.0 Å². The summed E-state index contributed by atoms with van der Waals surface area (Å²) in [5.74, 6) is 0. The van der Waals surface area contributed by atoms with E-state index in [0.717, 1.165) is 26.1 Å².